The van der Waals surface area contributed by atoms with E-state index >= 15 is 0 Å². The molecule has 0 heterocycles. The number of carbonyl (C=O) groups excluding carboxylic acids is 1. The van der Waals surface area contributed by atoms with Gasteiger partial charge in [-0.25, -0.2) is 0 Å². The maximum atomic E-state index is 10.9. The number of benzene rings is 2. The van der Waals surface area contributed by atoms with Gasteiger partial charge in [0.25, 0.3) is 5.91 Å². The second-order valence-corrected chi connectivity index (χ2v) is 3.80. The number of hydrogen-bond acceptors (Lipinski definition) is 2. The van der Waals surface area contributed by atoms with Crippen LogP contribution in [-0.4, -0.2) is 5.91 Å². The Balaban J connectivity index is 2.38. The molecule has 0 bridgehead atoms. The fourth-order valence-electron chi connectivity index (χ4n) is 1.59. The van der Waals surface area contributed by atoms with E-state index in [1.807, 2.05) is 60.7 Å². The first-order valence-electron chi connectivity index (χ1n) is 5.67. The van der Waals surface area contributed by atoms with Gasteiger partial charge >= 0.3 is 0 Å². The zero-order valence-electron chi connectivity index (χ0n) is 10.1. The molecule has 0 fully saturated rings. The van der Waals surface area contributed by atoms with Gasteiger partial charge in [0.05, 0.1) is 0 Å². The Labute approximate surface area is 106 Å². The van der Waals surface area contributed by atoms with E-state index in [-0.39, 0.29) is 5.91 Å². The van der Waals surface area contributed by atoms with Crippen LogP contribution in [0.5, 0.6) is 0 Å². The van der Waals surface area contributed by atoms with Crippen molar-refractivity contribution >= 4 is 5.91 Å². The molecule has 18 heavy (non-hydrogen) atoms. The zero-order valence-corrected chi connectivity index (χ0v) is 10.1. The summed E-state index contributed by atoms with van der Waals surface area (Å²) in [5.74, 6) is -0.306. The van der Waals surface area contributed by atoms with E-state index in [1.54, 1.807) is 0 Å². The van der Waals surface area contributed by atoms with E-state index in [1.165, 1.54) is 6.92 Å². The summed E-state index contributed by atoms with van der Waals surface area (Å²) in [6.45, 7) is 1.39. The molecule has 0 radical (unpaired) electrons. The predicted molar refractivity (Wildman–Crippen MR) is 69.9 cm³/mol. The van der Waals surface area contributed by atoms with Crippen molar-refractivity contribution in [1.29, 1.82) is 0 Å². The number of nitrogens with zero attached hydrogens (tertiary/aromatic N) is 2. The molecule has 0 aromatic heterocycles. The lowest BCUT2D eigenvalue weighted by atomic mass is 10.00. The summed E-state index contributed by atoms with van der Waals surface area (Å²) >= 11 is 0. The van der Waals surface area contributed by atoms with Crippen molar-refractivity contribution in [2.24, 2.45) is 10.2 Å². The maximum absolute atomic E-state index is 10.9. The van der Waals surface area contributed by atoms with Crippen molar-refractivity contribution in [2.75, 3.05) is 0 Å². The molecular formula is C15H13N2O+. The molecule has 0 saturated heterocycles. The molecule has 0 aliphatic carbocycles. The first-order valence-corrected chi connectivity index (χ1v) is 5.67. The fourth-order valence-corrected chi connectivity index (χ4v) is 1.59. The van der Waals surface area contributed by atoms with Gasteiger partial charge in [0, 0.05) is 31.2 Å². The summed E-state index contributed by atoms with van der Waals surface area (Å²) in [5, 5.41) is 7.68. The van der Waals surface area contributed by atoms with Gasteiger partial charge in [-0.2, -0.15) is 0 Å². The number of carbonyl (C=O) groups is 1. The van der Waals surface area contributed by atoms with Crippen molar-refractivity contribution in [1.82, 2.24) is 0 Å². The molecule has 1 amide bonds. The van der Waals surface area contributed by atoms with E-state index in [9.17, 15) is 4.79 Å². The first kappa shape index (κ1) is 12.0. The normalized spacial score (nSPS) is 10.5. The number of hydrogen-bond donors (Lipinski definition) is 0. The van der Waals surface area contributed by atoms with E-state index in [0.717, 1.165) is 11.1 Å². The highest BCUT2D eigenvalue weighted by Crippen LogP contribution is 2.24. The summed E-state index contributed by atoms with van der Waals surface area (Å²) in [4.78, 5) is 10.9. The quantitative estimate of drug-likeness (QED) is 0.593. The van der Waals surface area contributed by atoms with Gasteiger partial charge in [0.2, 0.25) is 0 Å². The van der Waals surface area contributed by atoms with Crippen molar-refractivity contribution in [3.8, 4) is 0 Å². The van der Waals surface area contributed by atoms with Crippen molar-refractivity contribution < 1.29 is 4.79 Å². The molecule has 88 valence electrons. The van der Waals surface area contributed by atoms with E-state index in [0.29, 0.717) is 6.04 Å². The minimum absolute atomic E-state index is 0.306. The molecule has 0 spiro atoms. The van der Waals surface area contributed by atoms with Gasteiger partial charge in [-0.15, -0.1) is 10.2 Å². The molecular weight excluding hydrogens is 224 g/mol. The lowest BCUT2D eigenvalue weighted by molar-refractivity contribution is -0.116. The van der Waals surface area contributed by atoms with Gasteiger partial charge in [0.1, 0.15) is 11.1 Å². The van der Waals surface area contributed by atoms with Crippen LogP contribution in [0.25, 0.3) is 0 Å². The van der Waals surface area contributed by atoms with Crippen LogP contribution < -0.4 is 0 Å². The second-order valence-electron chi connectivity index (χ2n) is 3.80. The van der Waals surface area contributed by atoms with Crippen LogP contribution in [0.2, 0.25) is 0 Å². The monoisotopic (exact) mass is 237 g/mol. The SMILES string of the molecule is CC(=O)N=N[C+](c1ccccc1)c1ccccc1. The smallest absolute Gasteiger partial charge is 0.262 e. The lowest BCUT2D eigenvalue weighted by Crippen LogP contribution is -1.99. The molecule has 0 aliphatic rings. The standard InChI is InChI=1S/C15H13N2O/c1-12(18)16-17-15(13-8-4-2-5-9-13)14-10-6-3-7-11-14/h2-11H,1H3/q+1. The molecule has 2 aromatic rings. The summed E-state index contributed by atoms with van der Waals surface area (Å²) in [5.41, 5.74) is 1.88. The van der Waals surface area contributed by atoms with Gasteiger partial charge < -0.3 is 0 Å². The Morgan fingerprint density at radius 2 is 1.33 bits per heavy atom. The topological polar surface area (TPSA) is 41.8 Å². The third-order valence-electron chi connectivity index (χ3n) is 2.39. The summed E-state index contributed by atoms with van der Waals surface area (Å²) in [7, 11) is 0. The van der Waals surface area contributed by atoms with Crippen molar-refractivity contribution in [2.45, 2.75) is 6.92 Å². The Bertz CT molecular complexity index is 495. The molecule has 0 saturated carbocycles. The van der Waals surface area contributed by atoms with Crippen LogP contribution in [0.15, 0.2) is 70.9 Å². The van der Waals surface area contributed by atoms with Crippen LogP contribution >= 0.6 is 0 Å². The molecule has 3 nitrogen and oxygen atoms in total. The van der Waals surface area contributed by atoms with Gasteiger partial charge in [-0.3, -0.25) is 4.79 Å². The molecule has 2 aromatic carbocycles. The molecule has 0 aliphatic heterocycles. The Morgan fingerprint density at radius 1 is 0.889 bits per heavy atom. The third kappa shape index (κ3) is 3.04. The zero-order chi connectivity index (χ0) is 12.8. The Kier molecular flexibility index (Phi) is 3.86. The second kappa shape index (κ2) is 5.77. The van der Waals surface area contributed by atoms with Crippen LogP contribution in [0.1, 0.15) is 18.1 Å². The number of rotatable bonds is 3. The average Bonchev–Trinajstić information content (AvgIpc) is 2.41. The Hall–Kier alpha value is -2.42. The van der Waals surface area contributed by atoms with Gasteiger partial charge in [0.15, 0.2) is 6.04 Å². The minimum Gasteiger partial charge on any atom is -0.271 e. The van der Waals surface area contributed by atoms with Gasteiger partial charge in [-0.1, -0.05) is 0 Å². The maximum Gasteiger partial charge on any atom is 0.262 e. The minimum atomic E-state index is -0.306. The van der Waals surface area contributed by atoms with Gasteiger partial charge in [-0.05, 0) is 36.4 Å². The molecule has 3 heteroatoms. The lowest BCUT2D eigenvalue weighted by Gasteiger charge is -2.04. The van der Waals surface area contributed by atoms with Crippen LogP contribution in [0.3, 0.4) is 0 Å². The Morgan fingerprint density at radius 3 is 1.72 bits per heavy atom. The van der Waals surface area contributed by atoms with Crippen LogP contribution in [-0.2, 0) is 4.79 Å². The molecule has 0 N–H and O–H groups in total. The van der Waals surface area contributed by atoms with Crippen LogP contribution in [0, 0.1) is 6.04 Å². The summed E-state index contributed by atoms with van der Waals surface area (Å²) in [6, 6.07) is 20.1. The number of azo groups is 1. The van der Waals surface area contributed by atoms with Crippen LogP contribution in [0.4, 0.5) is 0 Å². The summed E-state index contributed by atoms with van der Waals surface area (Å²) in [6.07, 6.45) is 0. The van der Waals surface area contributed by atoms with Crippen molar-refractivity contribution in [3.05, 3.63) is 77.8 Å². The average molecular weight is 237 g/mol. The fraction of sp³-hybridized carbons (Fsp3) is 0.0667. The number of amides is 1. The molecule has 2 rings (SSSR count). The molecule has 0 unspecified atom stereocenters. The predicted octanol–water partition coefficient (Wildman–Crippen LogP) is 3.61. The van der Waals surface area contributed by atoms with Crippen molar-refractivity contribution in [3.63, 3.8) is 0 Å². The van der Waals surface area contributed by atoms with E-state index in [4.69, 9.17) is 0 Å². The third-order valence-corrected chi connectivity index (χ3v) is 2.39. The highest BCUT2D eigenvalue weighted by Gasteiger charge is 2.20. The first-order chi connectivity index (χ1) is 8.77. The van der Waals surface area contributed by atoms with E-state index in [2.05, 4.69) is 10.2 Å². The summed E-state index contributed by atoms with van der Waals surface area (Å²) < 4.78 is 0. The highest BCUT2D eigenvalue weighted by molar-refractivity contribution is 5.73. The largest absolute Gasteiger partial charge is 0.271 e. The van der Waals surface area contributed by atoms with E-state index < -0.39 is 0 Å². The molecule has 0 atom stereocenters. The highest BCUT2D eigenvalue weighted by atomic mass is 16.1.